The standard InChI is InChI=1S/C16H14INO/c1-9-6-10(2)8-12(7-9)16-18-14-11(3)4-5-13(17)15(14)19-16/h4-8H,1-3H3. The molecule has 3 heteroatoms. The van der Waals surface area contributed by atoms with Crippen LogP contribution >= 0.6 is 22.6 Å². The van der Waals surface area contributed by atoms with Crippen molar-refractivity contribution < 1.29 is 4.42 Å². The highest BCUT2D eigenvalue weighted by molar-refractivity contribution is 14.1. The van der Waals surface area contributed by atoms with Gasteiger partial charge < -0.3 is 4.42 Å². The van der Waals surface area contributed by atoms with E-state index >= 15 is 0 Å². The van der Waals surface area contributed by atoms with Crippen molar-refractivity contribution in [3.8, 4) is 11.5 Å². The smallest absolute Gasteiger partial charge is 0.227 e. The van der Waals surface area contributed by atoms with Gasteiger partial charge in [-0.25, -0.2) is 4.98 Å². The molecule has 0 bridgehead atoms. The van der Waals surface area contributed by atoms with Crippen LogP contribution in [0.3, 0.4) is 0 Å². The lowest BCUT2D eigenvalue weighted by molar-refractivity contribution is 0.617. The fourth-order valence-corrected chi connectivity index (χ4v) is 2.87. The van der Waals surface area contributed by atoms with Crippen LogP contribution in [0.4, 0.5) is 0 Å². The molecule has 96 valence electrons. The van der Waals surface area contributed by atoms with Gasteiger partial charge in [0.2, 0.25) is 5.89 Å². The zero-order valence-corrected chi connectivity index (χ0v) is 13.3. The molecule has 0 radical (unpaired) electrons. The molecule has 2 nitrogen and oxygen atoms in total. The van der Waals surface area contributed by atoms with Crippen LogP contribution in [0.1, 0.15) is 16.7 Å². The number of nitrogens with zero attached hydrogens (tertiary/aromatic N) is 1. The van der Waals surface area contributed by atoms with E-state index in [1.807, 2.05) is 0 Å². The largest absolute Gasteiger partial charge is 0.435 e. The SMILES string of the molecule is Cc1cc(C)cc(-c2nc3c(C)ccc(I)c3o2)c1. The van der Waals surface area contributed by atoms with Crippen molar-refractivity contribution in [3.05, 3.63) is 50.6 Å². The zero-order valence-electron chi connectivity index (χ0n) is 11.1. The van der Waals surface area contributed by atoms with Crippen LogP contribution in [0.15, 0.2) is 34.7 Å². The Morgan fingerprint density at radius 2 is 1.68 bits per heavy atom. The van der Waals surface area contributed by atoms with E-state index in [4.69, 9.17) is 4.42 Å². The summed E-state index contributed by atoms with van der Waals surface area (Å²) in [6, 6.07) is 10.5. The monoisotopic (exact) mass is 363 g/mol. The van der Waals surface area contributed by atoms with Crippen LogP contribution in [-0.2, 0) is 0 Å². The molecule has 1 aromatic heterocycles. The number of rotatable bonds is 1. The number of halogens is 1. The summed E-state index contributed by atoms with van der Waals surface area (Å²) in [7, 11) is 0. The lowest BCUT2D eigenvalue weighted by Gasteiger charge is -2.00. The van der Waals surface area contributed by atoms with Gasteiger partial charge in [-0.15, -0.1) is 0 Å². The minimum atomic E-state index is 0.703. The maximum absolute atomic E-state index is 5.96. The number of hydrogen-bond acceptors (Lipinski definition) is 2. The van der Waals surface area contributed by atoms with Crippen LogP contribution in [0.2, 0.25) is 0 Å². The minimum absolute atomic E-state index is 0.703. The normalized spacial score (nSPS) is 11.2. The third-order valence-corrected chi connectivity index (χ3v) is 4.02. The number of oxazole rings is 1. The fourth-order valence-electron chi connectivity index (χ4n) is 2.32. The van der Waals surface area contributed by atoms with Gasteiger partial charge in [-0.2, -0.15) is 0 Å². The van der Waals surface area contributed by atoms with Gasteiger partial charge in [-0.3, -0.25) is 0 Å². The topological polar surface area (TPSA) is 26.0 Å². The molecule has 1 heterocycles. The second kappa shape index (κ2) is 4.63. The maximum atomic E-state index is 5.96. The van der Waals surface area contributed by atoms with Crippen molar-refractivity contribution in [2.24, 2.45) is 0 Å². The van der Waals surface area contributed by atoms with Gasteiger partial charge in [0.05, 0.1) is 3.57 Å². The Hall–Kier alpha value is -1.36. The molecule has 0 aliphatic carbocycles. The first kappa shape index (κ1) is 12.7. The summed E-state index contributed by atoms with van der Waals surface area (Å²) in [5, 5.41) is 0. The number of aryl methyl sites for hydroxylation is 3. The molecule has 0 saturated carbocycles. The van der Waals surface area contributed by atoms with E-state index in [-0.39, 0.29) is 0 Å². The molecule has 0 unspecified atom stereocenters. The van der Waals surface area contributed by atoms with Crippen LogP contribution in [0.25, 0.3) is 22.6 Å². The Bertz CT molecular complexity index is 715. The van der Waals surface area contributed by atoms with E-state index in [0.29, 0.717) is 5.89 Å². The molecule has 3 rings (SSSR count). The summed E-state index contributed by atoms with van der Waals surface area (Å²) in [6.07, 6.45) is 0. The molecule has 19 heavy (non-hydrogen) atoms. The number of fused-ring (bicyclic) bond motifs is 1. The lowest BCUT2D eigenvalue weighted by atomic mass is 10.1. The first-order valence-corrected chi connectivity index (χ1v) is 7.27. The van der Waals surface area contributed by atoms with E-state index in [9.17, 15) is 0 Å². The predicted molar refractivity (Wildman–Crippen MR) is 86.4 cm³/mol. The predicted octanol–water partition coefficient (Wildman–Crippen LogP) is 5.02. The van der Waals surface area contributed by atoms with Gasteiger partial charge in [-0.05, 0) is 67.1 Å². The van der Waals surface area contributed by atoms with Gasteiger partial charge in [0.25, 0.3) is 0 Å². The fraction of sp³-hybridized carbons (Fsp3) is 0.188. The highest BCUT2D eigenvalue weighted by Crippen LogP contribution is 2.30. The quantitative estimate of drug-likeness (QED) is 0.567. The van der Waals surface area contributed by atoms with Crippen molar-refractivity contribution in [2.45, 2.75) is 20.8 Å². The number of benzene rings is 2. The summed E-state index contributed by atoms with van der Waals surface area (Å²) in [5.41, 5.74) is 6.49. The van der Waals surface area contributed by atoms with E-state index < -0.39 is 0 Å². The molecule has 0 N–H and O–H groups in total. The maximum Gasteiger partial charge on any atom is 0.227 e. The Balaban J connectivity index is 2.26. The molecule has 2 aromatic carbocycles. The van der Waals surface area contributed by atoms with Crippen molar-refractivity contribution in [1.82, 2.24) is 4.98 Å². The van der Waals surface area contributed by atoms with Crippen molar-refractivity contribution in [3.63, 3.8) is 0 Å². The van der Waals surface area contributed by atoms with Crippen LogP contribution < -0.4 is 0 Å². The molecule has 0 aliphatic heterocycles. The summed E-state index contributed by atoms with van der Waals surface area (Å²) < 4.78 is 7.06. The molecule has 0 atom stereocenters. The summed E-state index contributed by atoms with van der Waals surface area (Å²) in [6.45, 7) is 6.24. The van der Waals surface area contributed by atoms with E-state index in [1.165, 1.54) is 11.1 Å². The van der Waals surface area contributed by atoms with Gasteiger partial charge >= 0.3 is 0 Å². The van der Waals surface area contributed by atoms with Gasteiger partial charge in [0.15, 0.2) is 5.58 Å². The van der Waals surface area contributed by atoms with Crippen molar-refractivity contribution in [1.29, 1.82) is 0 Å². The van der Waals surface area contributed by atoms with E-state index in [1.54, 1.807) is 0 Å². The molecule has 0 fully saturated rings. The van der Waals surface area contributed by atoms with E-state index in [0.717, 1.165) is 25.8 Å². The number of aromatic nitrogens is 1. The Morgan fingerprint density at radius 1 is 1.00 bits per heavy atom. The minimum Gasteiger partial charge on any atom is -0.435 e. The van der Waals surface area contributed by atoms with Gasteiger partial charge in [-0.1, -0.05) is 23.3 Å². The van der Waals surface area contributed by atoms with Crippen LogP contribution in [-0.4, -0.2) is 4.98 Å². The first-order valence-electron chi connectivity index (χ1n) is 6.19. The molecule has 0 aliphatic rings. The highest BCUT2D eigenvalue weighted by Gasteiger charge is 2.13. The third kappa shape index (κ3) is 2.27. The average molecular weight is 363 g/mol. The first-order chi connectivity index (χ1) is 9.04. The second-order valence-electron chi connectivity index (χ2n) is 4.94. The molecule has 0 spiro atoms. The Kier molecular flexibility index (Phi) is 3.09. The van der Waals surface area contributed by atoms with Gasteiger partial charge in [0, 0.05) is 5.56 Å². The van der Waals surface area contributed by atoms with Crippen LogP contribution in [0, 0.1) is 24.3 Å². The lowest BCUT2D eigenvalue weighted by Crippen LogP contribution is -1.82. The summed E-state index contributed by atoms with van der Waals surface area (Å²) >= 11 is 2.29. The van der Waals surface area contributed by atoms with Crippen molar-refractivity contribution >= 4 is 33.7 Å². The Morgan fingerprint density at radius 3 is 2.32 bits per heavy atom. The van der Waals surface area contributed by atoms with E-state index in [2.05, 4.69) is 78.7 Å². The molecule has 3 aromatic rings. The highest BCUT2D eigenvalue weighted by atomic mass is 127. The molecule has 0 amide bonds. The molecule has 0 saturated heterocycles. The zero-order chi connectivity index (χ0) is 13.6. The third-order valence-electron chi connectivity index (χ3n) is 3.17. The second-order valence-corrected chi connectivity index (χ2v) is 6.10. The summed E-state index contributed by atoms with van der Waals surface area (Å²) in [5.74, 6) is 0.703. The van der Waals surface area contributed by atoms with Gasteiger partial charge in [0.1, 0.15) is 5.52 Å². The molecular formula is C16H14INO. The number of hydrogen-bond donors (Lipinski definition) is 0. The van der Waals surface area contributed by atoms with Crippen molar-refractivity contribution in [2.75, 3.05) is 0 Å². The molecular weight excluding hydrogens is 349 g/mol. The summed E-state index contributed by atoms with van der Waals surface area (Å²) in [4.78, 5) is 4.65. The average Bonchev–Trinajstić information content (AvgIpc) is 2.79. The van der Waals surface area contributed by atoms with Crippen LogP contribution in [0.5, 0.6) is 0 Å². The Labute approximate surface area is 126 Å².